The van der Waals surface area contributed by atoms with Gasteiger partial charge >= 0.3 is 0 Å². The number of hydrogen-bond acceptors (Lipinski definition) is 4. The van der Waals surface area contributed by atoms with Crippen LogP contribution in [-0.2, 0) is 0 Å². The van der Waals surface area contributed by atoms with Crippen molar-refractivity contribution in [1.29, 1.82) is 0 Å². The molecule has 0 fully saturated rings. The van der Waals surface area contributed by atoms with Gasteiger partial charge in [0.15, 0.2) is 0 Å². The van der Waals surface area contributed by atoms with Crippen LogP contribution in [0.1, 0.15) is 31.2 Å². The van der Waals surface area contributed by atoms with Crippen LogP contribution >= 0.6 is 11.9 Å². The number of aryl methyl sites for hydroxylation is 1. The molecular formula is C9H15N3S. The Morgan fingerprint density at radius 1 is 1.31 bits per heavy atom. The third-order valence-corrected chi connectivity index (χ3v) is 2.96. The number of nitrogens with two attached hydrogens (primary N) is 1. The zero-order valence-corrected chi connectivity index (χ0v) is 9.01. The summed E-state index contributed by atoms with van der Waals surface area (Å²) in [6, 6.07) is 0. The van der Waals surface area contributed by atoms with Crippen molar-refractivity contribution in [2.24, 2.45) is 5.14 Å². The SMILES string of the molecule is Cc1cnc([C@@H](C)[C@@H](C)SN)nc1. The van der Waals surface area contributed by atoms with Crippen molar-refractivity contribution in [3.05, 3.63) is 23.8 Å². The molecule has 0 aliphatic carbocycles. The molecule has 0 aliphatic heterocycles. The summed E-state index contributed by atoms with van der Waals surface area (Å²) in [5.74, 6) is 1.17. The van der Waals surface area contributed by atoms with E-state index in [1.54, 1.807) is 0 Å². The first kappa shape index (κ1) is 10.5. The van der Waals surface area contributed by atoms with E-state index in [1.165, 1.54) is 11.9 Å². The molecule has 0 unspecified atom stereocenters. The molecule has 1 heterocycles. The second kappa shape index (κ2) is 4.58. The van der Waals surface area contributed by atoms with Gasteiger partial charge in [-0.15, -0.1) is 0 Å². The zero-order valence-electron chi connectivity index (χ0n) is 8.19. The van der Waals surface area contributed by atoms with Gasteiger partial charge < -0.3 is 0 Å². The number of hydrogen-bond donors (Lipinski definition) is 1. The fraction of sp³-hybridized carbons (Fsp3) is 0.556. The van der Waals surface area contributed by atoms with E-state index in [4.69, 9.17) is 5.14 Å². The van der Waals surface area contributed by atoms with Crippen molar-refractivity contribution in [1.82, 2.24) is 9.97 Å². The first-order valence-corrected chi connectivity index (χ1v) is 5.23. The monoisotopic (exact) mass is 197 g/mol. The molecule has 2 atom stereocenters. The topological polar surface area (TPSA) is 51.8 Å². The largest absolute Gasteiger partial charge is 0.278 e. The molecule has 0 aromatic carbocycles. The maximum absolute atomic E-state index is 5.50. The molecule has 0 amide bonds. The smallest absolute Gasteiger partial charge is 0.132 e. The van der Waals surface area contributed by atoms with Crippen molar-refractivity contribution in [3.8, 4) is 0 Å². The summed E-state index contributed by atoms with van der Waals surface area (Å²) in [7, 11) is 0. The van der Waals surface area contributed by atoms with Crippen LogP contribution in [0.25, 0.3) is 0 Å². The van der Waals surface area contributed by atoms with E-state index in [9.17, 15) is 0 Å². The maximum Gasteiger partial charge on any atom is 0.132 e. The van der Waals surface area contributed by atoms with Crippen molar-refractivity contribution in [2.45, 2.75) is 31.9 Å². The normalized spacial score (nSPS) is 15.4. The molecule has 0 spiro atoms. The molecule has 0 saturated heterocycles. The fourth-order valence-corrected chi connectivity index (χ4v) is 1.32. The van der Waals surface area contributed by atoms with Crippen molar-refractivity contribution < 1.29 is 0 Å². The molecule has 0 radical (unpaired) electrons. The summed E-state index contributed by atoms with van der Waals surface area (Å²) in [5, 5.41) is 5.85. The predicted octanol–water partition coefficient (Wildman–Crippen LogP) is 1.88. The lowest BCUT2D eigenvalue weighted by atomic mass is 10.1. The highest BCUT2D eigenvalue weighted by Gasteiger charge is 2.15. The lowest BCUT2D eigenvalue weighted by Gasteiger charge is -2.15. The molecule has 4 heteroatoms. The van der Waals surface area contributed by atoms with Crippen LogP contribution in [0.3, 0.4) is 0 Å². The number of nitrogens with zero attached hydrogens (tertiary/aromatic N) is 2. The Morgan fingerprint density at radius 3 is 2.31 bits per heavy atom. The van der Waals surface area contributed by atoms with Crippen LogP contribution in [-0.4, -0.2) is 15.2 Å². The van der Waals surface area contributed by atoms with Gasteiger partial charge in [0.2, 0.25) is 0 Å². The van der Waals surface area contributed by atoms with Crippen molar-refractivity contribution in [2.75, 3.05) is 0 Å². The second-order valence-electron chi connectivity index (χ2n) is 3.25. The highest BCUT2D eigenvalue weighted by molar-refractivity contribution is 7.97. The highest BCUT2D eigenvalue weighted by atomic mass is 32.2. The van der Waals surface area contributed by atoms with Gasteiger partial charge in [-0.2, -0.15) is 0 Å². The lowest BCUT2D eigenvalue weighted by Crippen LogP contribution is -2.13. The Morgan fingerprint density at radius 2 is 1.85 bits per heavy atom. The van der Waals surface area contributed by atoms with E-state index in [1.807, 2.05) is 19.3 Å². The molecular weight excluding hydrogens is 182 g/mol. The Hall–Kier alpha value is -0.610. The van der Waals surface area contributed by atoms with Gasteiger partial charge in [-0.05, 0) is 12.5 Å². The first-order valence-electron chi connectivity index (χ1n) is 4.29. The van der Waals surface area contributed by atoms with Gasteiger partial charge in [0, 0.05) is 23.6 Å². The van der Waals surface area contributed by atoms with E-state index in [0.29, 0.717) is 11.2 Å². The maximum atomic E-state index is 5.50. The van der Waals surface area contributed by atoms with E-state index >= 15 is 0 Å². The van der Waals surface area contributed by atoms with Gasteiger partial charge in [0.05, 0.1) is 0 Å². The Bertz CT molecular complexity index is 260. The van der Waals surface area contributed by atoms with Crippen LogP contribution in [0.5, 0.6) is 0 Å². The van der Waals surface area contributed by atoms with E-state index in [2.05, 4.69) is 23.8 Å². The third-order valence-electron chi connectivity index (χ3n) is 2.13. The molecule has 72 valence electrons. The van der Waals surface area contributed by atoms with E-state index < -0.39 is 0 Å². The van der Waals surface area contributed by atoms with Crippen LogP contribution < -0.4 is 5.14 Å². The average Bonchev–Trinajstić information content (AvgIpc) is 2.17. The van der Waals surface area contributed by atoms with Crippen LogP contribution in [0, 0.1) is 6.92 Å². The summed E-state index contributed by atoms with van der Waals surface area (Å²) in [5.41, 5.74) is 1.09. The minimum absolute atomic E-state index is 0.301. The second-order valence-corrected chi connectivity index (χ2v) is 4.26. The lowest BCUT2D eigenvalue weighted by molar-refractivity contribution is 0.691. The first-order chi connectivity index (χ1) is 6.15. The van der Waals surface area contributed by atoms with Crippen molar-refractivity contribution in [3.63, 3.8) is 0 Å². The fourth-order valence-electron chi connectivity index (χ4n) is 0.965. The molecule has 1 aromatic rings. The van der Waals surface area contributed by atoms with Gasteiger partial charge in [-0.25, -0.2) is 9.97 Å². The minimum atomic E-state index is 0.301. The summed E-state index contributed by atoms with van der Waals surface area (Å²) in [6.07, 6.45) is 3.68. The van der Waals surface area contributed by atoms with Gasteiger partial charge in [-0.3, -0.25) is 5.14 Å². The average molecular weight is 197 g/mol. The number of aromatic nitrogens is 2. The summed E-state index contributed by atoms with van der Waals surface area (Å²) in [4.78, 5) is 8.53. The minimum Gasteiger partial charge on any atom is -0.278 e. The standard InChI is InChI=1S/C9H15N3S/c1-6-4-11-9(12-5-6)7(2)8(3)13-10/h4-5,7-8H,10H2,1-3H3/t7-,8+/m0/s1. The summed E-state index contributed by atoms with van der Waals surface area (Å²) >= 11 is 1.35. The Balaban J connectivity index is 2.77. The van der Waals surface area contributed by atoms with Gasteiger partial charge in [0.1, 0.15) is 5.82 Å². The third kappa shape index (κ3) is 2.67. The molecule has 2 N–H and O–H groups in total. The summed E-state index contributed by atoms with van der Waals surface area (Å²) < 4.78 is 0. The number of rotatable bonds is 3. The molecule has 0 aliphatic rings. The summed E-state index contributed by atoms with van der Waals surface area (Å²) in [6.45, 7) is 6.16. The Labute approximate surface area is 83.3 Å². The van der Waals surface area contributed by atoms with Crippen molar-refractivity contribution >= 4 is 11.9 Å². The highest BCUT2D eigenvalue weighted by Crippen LogP contribution is 2.21. The molecule has 1 rings (SSSR count). The molecule has 3 nitrogen and oxygen atoms in total. The van der Waals surface area contributed by atoms with E-state index in [-0.39, 0.29) is 0 Å². The van der Waals surface area contributed by atoms with Gasteiger partial charge in [-0.1, -0.05) is 25.8 Å². The molecule has 0 saturated carbocycles. The van der Waals surface area contributed by atoms with Gasteiger partial charge in [0.25, 0.3) is 0 Å². The Kier molecular flexibility index (Phi) is 3.69. The molecule has 0 bridgehead atoms. The predicted molar refractivity (Wildman–Crippen MR) is 56.4 cm³/mol. The molecule has 1 aromatic heterocycles. The van der Waals surface area contributed by atoms with Crippen LogP contribution in [0.4, 0.5) is 0 Å². The van der Waals surface area contributed by atoms with E-state index in [0.717, 1.165) is 11.4 Å². The quantitative estimate of drug-likeness (QED) is 0.752. The van der Waals surface area contributed by atoms with Crippen LogP contribution in [0.15, 0.2) is 12.4 Å². The molecule has 13 heavy (non-hydrogen) atoms. The van der Waals surface area contributed by atoms with Crippen LogP contribution in [0.2, 0.25) is 0 Å². The zero-order chi connectivity index (χ0) is 9.84.